The van der Waals surface area contributed by atoms with E-state index in [1.54, 1.807) is 11.8 Å². The summed E-state index contributed by atoms with van der Waals surface area (Å²) in [6.07, 6.45) is 7.02. The Morgan fingerprint density at radius 3 is 2.31 bits per heavy atom. The summed E-state index contributed by atoms with van der Waals surface area (Å²) < 4.78 is 2.12. The quantitative estimate of drug-likeness (QED) is 0.201. The van der Waals surface area contributed by atoms with Crippen molar-refractivity contribution < 1.29 is 9.59 Å². The molecule has 0 N–H and O–H groups in total. The SMILES string of the molecule is CCCCCCC(=O)N1CCN(C(=O)CCCSc2nnc(Cc3ccccc3)n2-c2ccccc2)CC1C. The first-order valence-electron chi connectivity index (χ1n) is 14.3. The summed E-state index contributed by atoms with van der Waals surface area (Å²) in [5.74, 6) is 2.09. The molecule has 0 spiro atoms. The number of unbranched alkanes of at least 4 members (excludes halogenated alkanes) is 3. The fourth-order valence-corrected chi connectivity index (χ4v) is 5.98. The molecule has 0 aliphatic carbocycles. The Morgan fingerprint density at radius 1 is 0.872 bits per heavy atom. The second-order valence-electron chi connectivity index (χ2n) is 10.3. The first-order valence-corrected chi connectivity index (χ1v) is 15.3. The van der Waals surface area contributed by atoms with Gasteiger partial charge in [-0.25, -0.2) is 0 Å². The van der Waals surface area contributed by atoms with E-state index in [0.29, 0.717) is 38.9 Å². The van der Waals surface area contributed by atoms with E-state index in [-0.39, 0.29) is 17.9 Å². The topological polar surface area (TPSA) is 71.3 Å². The maximum atomic E-state index is 13.0. The van der Waals surface area contributed by atoms with Crippen LogP contribution in [0.2, 0.25) is 0 Å². The third-order valence-corrected chi connectivity index (χ3v) is 8.25. The number of hydrogen-bond donors (Lipinski definition) is 0. The van der Waals surface area contributed by atoms with Crippen LogP contribution in [0.15, 0.2) is 65.8 Å². The van der Waals surface area contributed by atoms with E-state index in [2.05, 4.69) is 52.9 Å². The van der Waals surface area contributed by atoms with Gasteiger partial charge in [0.05, 0.1) is 0 Å². The number of hydrogen-bond acceptors (Lipinski definition) is 5. The minimum absolute atomic E-state index is 0.0724. The number of piperazine rings is 1. The standard InChI is InChI=1S/C31H41N5O2S/c1-3-4-5-12-18-30(38)35-21-20-34(24-25(35)2)29(37)19-13-22-39-31-33-32-28(23-26-14-8-6-9-15-26)36(31)27-16-10-7-11-17-27/h6-11,14-17,25H,3-5,12-13,18-24H2,1-2H3. The van der Waals surface area contributed by atoms with Gasteiger partial charge in [-0.2, -0.15) is 0 Å². The lowest BCUT2D eigenvalue weighted by Crippen LogP contribution is -2.55. The molecule has 1 unspecified atom stereocenters. The van der Waals surface area contributed by atoms with Crippen LogP contribution in [0.1, 0.15) is 70.2 Å². The van der Waals surface area contributed by atoms with Crippen LogP contribution in [0.3, 0.4) is 0 Å². The molecule has 0 radical (unpaired) electrons. The van der Waals surface area contributed by atoms with Crippen LogP contribution in [0.25, 0.3) is 5.69 Å². The number of carbonyl (C=O) groups is 2. The number of benzene rings is 2. The molecular weight excluding hydrogens is 506 g/mol. The van der Waals surface area contributed by atoms with Gasteiger partial charge in [0.15, 0.2) is 5.16 Å². The van der Waals surface area contributed by atoms with Gasteiger partial charge in [0.25, 0.3) is 0 Å². The third kappa shape index (κ3) is 8.18. The Kier molecular flexibility index (Phi) is 11.0. The average molecular weight is 548 g/mol. The minimum Gasteiger partial charge on any atom is -0.339 e. The first-order chi connectivity index (χ1) is 19.1. The number of carbonyl (C=O) groups excluding carboxylic acids is 2. The molecule has 208 valence electrons. The van der Waals surface area contributed by atoms with Crippen LogP contribution in [0.5, 0.6) is 0 Å². The minimum atomic E-state index is 0.0724. The van der Waals surface area contributed by atoms with Crippen molar-refractivity contribution in [1.29, 1.82) is 0 Å². The zero-order valence-electron chi connectivity index (χ0n) is 23.3. The maximum Gasteiger partial charge on any atom is 0.222 e. The van der Waals surface area contributed by atoms with Crippen molar-refractivity contribution in [2.24, 2.45) is 0 Å². The number of rotatable bonds is 13. The number of aromatic nitrogens is 3. The van der Waals surface area contributed by atoms with Crippen molar-refractivity contribution in [2.45, 2.75) is 76.4 Å². The highest BCUT2D eigenvalue weighted by atomic mass is 32.2. The third-order valence-electron chi connectivity index (χ3n) is 7.23. The normalized spacial score (nSPS) is 15.5. The van der Waals surface area contributed by atoms with E-state index in [4.69, 9.17) is 0 Å². The summed E-state index contributed by atoms with van der Waals surface area (Å²) in [7, 11) is 0. The molecule has 0 saturated carbocycles. The molecule has 0 bridgehead atoms. The highest BCUT2D eigenvalue weighted by Crippen LogP contribution is 2.25. The average Bonchev–Trinajstić information content (AvgIpc) is 3.36. The summed E-state index contributed by atoms with van der Waals surface area (Å²) in [5, 5.41) is 9.87. The van der Waals surface area contributed by atoms with Gasteiger partial charge in [0.2, 0.25) is 11.8 Å². The van der Waals surface area contributed by atoms with Crippen LogP contribution >= 0.6 is 11.8 Å². The van der Waals surface area contributed by atoms with Crippen molar-refractivity contribution in [2.75, 3.05) is 25.4 Å². The van der Waals surface area contributed by atoms with Crippen LogP contribution in [0, 0.1) is 0 Å². The van der Waals surface area contributed by atoms with Gasteiger partial charge in [-0.3, -0.25) is 14.2 Å². The zero-order valence-corrected chi connectivity index (χ0v) is 24.1. The predicted octanol–water partition coefficient (Wildman–Crippen LogP) is 5.76. The first kappa shape index (κ1) is 28.9. The largest absolute Gasteiger partial charge is 0.339 e. The van der Waals surface area contributed by atoms with E-state index < -0.39 is 0 Å². The van der Waals surface area contributed by atoms with Gasteiger partial charge >= 0.3 is 0 Å². The molecule has 1 saturated heterocycles. The number of thioether (sulfide) groups is 1. The molecular formula is C31H41N5O2S. The molecule has 1 aliphatic heterocycles. The summed E-state index contributed by atoms with van der Waals surface area (Å²) in [4.78, 5) is 29.5. The van der Waals surface area contributed by atoms with Gasteiger partial charge < -0.3 is 9.80 Å². The van der Waals surface area contributed by atoms with E-state index in [9.17, 15) is 9.59 Å². The number of para-hydroxylation sites is 1. The molecule has 3 aromatic rings. The van der Waals surface area contributed by atoms with E-state index in [0.717, 1.165) is 41.7 Å². The molecule has 1 atom stereocenters. The zero-order chi connectivity index (χ0) is 27.5. The molecule has 1 fully saturated rings. The van der Waals surface area contributed by atoms with E-state index in [1.165, 1.54) is 18.4 Å². The lowest BCUT2D eigenvalue weighted by atomic mass is 10.1. The van der Waals surface area contributed by atoms with Gasteiger partial charge in [-0.1, -0.05) is 86.5 Å². The second-order valence-corrected chi connectivity index (χ2v) is 11.3. The summed E-state index contributed by atoms with van der Waals surface area (Å²) >= 11 is 1.64. The lowest BCUT2D eigenvalue weighted by molar-refractivity contribution is -0.142. The van der Waals surface area contributed by atoms with Gasteiger partial charge in [-0.15, -0.1) is 10.2 Å². The molecule has 39 heavy (non-hydrogen) atoms. The molecule has 2 amide bonds. The fourth-order valence-electron chi connectivity index (χ4n) is 5.07. The van der Waals surface area contributed by atoms with Gasteiger partial charge in [0.1, 0.15) is 5.82 Å². The van der Waals surface area contributed by atoms with Crippen molar-refractivity contribution in [3.05, 3.63) is 72.1 Å². The number of amides is 2. The molecule has 8 heteroatoms. The summed E-state index contributed by atoms with van der Waals surface area (Å²) in [5.41, 5.74) is 2.23. The predicted molar refractivity (Wildman–Crippen MR) is 157 cm³/mol. The highest BCUT2D eigenvalue weighted by molar-refractivity contribution is 7.99. The highest BCUT2D eigenvalue weighted by Gasteiger charge is 2.29. The summed E-state index contributed by atoms with van der Waals surface area (Å²) in [6.45, 7) is 6.12. The Hall–Kier alpha value is -3.13. The molecule has 2 heterocycles. The Balaban J connectivity index is 1.27. The molecule has 1 aromatic heterocycles. The van der Waals surface area contributed by atoms with Crippen molar-refractivity contribution in [3.63, 3.8) is 0 Å². The molecule has 7 nitrogen and oxygen atoms in total. The van der Waals surface area contributed by atoms with Gasteiger partial charge in [-0.05, 0) is 37.5 Å². The second kappa shape index (κ2) is 14.9. The Morgan fingerprint density at radius 2 is 1.59 bits per heavy atom. The van der Waals surface area contributed by atoms with E-state index >= 15 is 0 Å². The van der Waals surface area contributed by atoms with Crippen molar-refractivity contribution in [1.82, 2.24) is 24.6 Å². The van der Waals surface area contributed by atoms with Crippen molar-refractivity contribution in [3.8, 4) is 5.69 Å². The van der Waals surface area contributed by atoms with Gasteiger partial charge in [0, 0.05) is 56.4 Å². The monoisotopic (exact) mass is 547 g/mol. The molecule has 1 aliphatic rings. The van der Waals surface area contributed by atoms with Crippen LogP contribution in [0.4, 0.5) is 0 Å². The molecule has 2 aromatic carbocycles. The number of nitrogens with zero attached hydrogens (tertiary/aromatic N) is 5. The van der Waals surface area contributed by atoms with Crippen LogP contribution in [-0.2, 0) is 16.0 Å². The Labute approximate surface area is 237 Å². The Bertz CT molecular complexity index is 1180. The molecule has 4 rings (SSSR count). The summed E-state index contributed by atoms with van der Waals surface area (Å²) in [6, 6.07) is 20.6. The fraction of sp³-hybridized carbons (Fsp3) is 0.484. The lowest BCUT2D eigenvalue weighted by Gasteiger charge is -2.40. The van der Waals surface area contributed by atoms with Crippen molar-refractivity contribution >= 4 is 23.6 Å². The maximum absolute atomic E-state index is 13.0. The van der Waals surface area contributed by atoms with Crippen LogP contribution < -0.4 is 0 Å². The smallest absolute Gasteiger partial charge is 0.222 e. The van der Waals surface area contributed by atoms with E-state index in [1.807, 2.05) is 46.2 Å². The van der Waals surface area contributed by atoms with Crippen LogP contribution in [-0.4, -0.2) is 67.8 Å².